The van der Waals surface area contributed by atoms with Crippen LogP contribution in [-0.2, 0) is 16.1 Å². The highest BCUT2D eigenvalue weighted by Crippen LogP contribution is 2.67. The monoisotopic (exact) mass is 466 g/mol. The molecule has 0 aromatic carbocycles. The van der Waals surface area contributed by atoms with E-state index in [0.29, 0.717) is 54.8 Å². The Kier molecular flexibility index (Phi) is 6.37. The standard InChI is InChI=1S/C29H42N2O3/c1-18(14-26(34)31-17-20-6-4-5-13-30-20)22-7-8-23-27-24(10-12-29(22,23)3)28(2)11-9-21(32)15-19(28)16-25(27)33/h4-6,13,18-19,21-24,27,32H,7-12,14-17H2,1-3H3,(H,31,34)/t18-,19+,21-,22-,23+,24+,27+,28+,29-/m1/s1. The van der Waals surface area contributed by atoms with Gasteiger partial charge in [-0.3, -0.25) is 14.6 Å². The molecule has 1 amide bonds. The molecule has 2 N–H and O–H groups in total. The van der Waals surface area contributed by atoms with Crippen LogP contribution in [0.4, 0.5) is 0 Å². The van der Waals surface area contributed by atoms with Crippen molar-refractivity contribution < 1.29 is 14.7 Å². The number of amides is 1. The minimum atomic E-state index is -0.225. The van der Waals surface area contributed by atoms with Crippen molar-refractivity contribution in [1.29, 1.82) is 0 Å². The number of carbonyl (C=O) groups excluding carboxylic acids is 2. The third-order valence-electron chi connectivity index (χ3n) is 10.9. The normalized spacial score (nSPS) is 42.3. The predicted octanol–water partition coefficient (Wildman–Crippen LogP) is 4.92. The van der Waals surface area contributed by atoms with E-state index in [0.717, 1.165) is 44.2 Å². The molecule has 5 nitrogen and oxygen atoms in total. The lowest BCUT2D eigenvalue weighted by Crippen LogP contribution is -2.57. The molecule has 0 spiro atoms. The number of ketones is 1. The number of carbonyl (C=O) groups is 2. The van der Waals surface area contributed by atoms with Gasteiger partial charge in [-0.05, 0) is 97.5 Å². The molecule has 0 radical (unpaired) electrons. The first-order chi connectivity index (χ1) is 16.2. The van der Waals surface area contributed by atoms with Crippen LogP contribution in [0, 0.1) is 46.3 Å². The number of hydrogen-bond acceptors (Lipinski definition) is 4. The summed E-state index contributed by atoms with van der Waals surface area (Å²) in [6.07, 6.45) is 10.0. The van der Waals surface area contributed by atoms with Gasteiger partial charge in [0.15, 0.2) is 0 Å². The van der Waals surface area contributed by atoms with Crippen LogP contribution in [-0.4, -0.2) is 27.9 Å². The number of aliphatic hydroxyl groups is 1. The molecule has 1 aromatic heterocycles. The SMILES string of the molecule is C[C@H](CC(=O)NCc1ccccn1)[C@H]1CC[C@H]2[C@@H]3C(=O)C[C@@H]4C[C@H](O)CC[C@]4(C)[C@H]3CC[C@]12C. The summed E-state index contributed by atoms with van der Waals surface area (Å²) in [7, 11) is 0. The van der Waals surface area contributed by atoms with Crippen molar-refractivity contribution in [2.24, 2.45) is 46.3 Å². The number of rotatable bonds is 5. The number of pyridine rings is 1. The van der Waals surface area contributed by atoms with E-state index in [1.165, 1.54) is 6.42 Å². The molecule has 4 aliphatic rings. The highest BCUT2D eigenvalue weighted by atomic mass is 16.3. The molecule has 4 aliphatic carbocycles. The fourth-order valence-electron chi connectivity index (χ4n) is 9.08. The van der Waals surface area contributed by atoms with Gasteiger partial charge in [-0.25, -0.2) is 0 Å². The summed E-state index contributed by atoms with van der Waals surface area (Å²) in [5.74, 6) is 2.83. The van der Waals surface area contributed by atoms with E-state index in [2.05, 4.69) is 31.1 Å². The first-order valence-corrected chi connectivity index (χ1v) is 13.6. The maximum atomic E-state index is 13.5. The zero-order valence-electron chi connectivity index (χ0n) is 21.1. The molecule has 4 fully saturated rings. The van der Waals surface area contributed by atoms with Crippen molar-refractivity contribution in [1.82, 2.24) is 10.3 Å². The molecular weight excluding hydrogens is 424 g/mol. The number of hydrogen-bond donors (Lipinski definition) is 2. The predicted molar refractivity (Wildman–Crippen MR) is 131 cm³/mol. The summed E-state index contributed by atoms with van der Waals surface area (Å²) in [6, 6.07) is 5.76. The summed E-state index contributed by atoms with van der Waals surface area (Å²) < 4.78 is 0. The molecule has 0 unspecified atom stereocenters. The molecule has 4 saturated carbocycles. The lowest BCUT2D eigenvalue weighted by Gasteiger charge is -2.60. The van der Waals surface area contributed by atoms with Gasteiger partial charge >= 0.3 is 0 Å². The lowest BCUT2D eigenvalue weighted by molar-refractivity contribution is -0.161. The molecule has 34 heavy (non-hydrogen) atoms. The highest BCUT2D eigenvalue weighted by molar-refractivity contribution is 5.83. The molecular formula is C29H42N2O3. The van der Waals surface area contributed by atoms with Gasteiger partial charge in [0.1, 0.15) is 5.78 Å². The van der Waals surface area contributed by atoms with Crippen LogP contribution < -0.4 is 5.32 Å². The second kappa shape index (κ2) is 9.04. The summed E-state index contributed by atoms with van der Waals surface area (Å²) in [5, 5.41) is 13.3. The quantitative estimate of drug-likeness (QED) is 0.645. The Morgan fingerprint density at radius 1 is 1.15 bits per heavy atom. The summed E-state index contributed by atoms with van der Waals surface area (Å²) in [6.45, 7) is 7.58. The van der Waals surface area contributed by atoms with Crippen molar-refractivity contribution >= 4 is 11.7 Å². The van der Waals surface area contributed by atoms with E-state index in [4.69, 9.17) is 0 Å². The molecule has 0 saturated heterocycles. The van der Waals surface area contributed by atoms with Crippen LogP contribution in [0.2, 0.25) is 0 Å². The molecule has 0 bridgehead atoms. The van der Waals surface area contributed by atoms with Crippen LogP contribution in [0.5, 0.6) is 0 Å². The van der Waals surface area contributed by atoms with Crippen LogP contribution >= 0.6 is 0 Å². The van der Waals surface area contributed by atoms with E-state index in [1.54, 1.807) is 6.20 Å². The zero-order valence-corrected chi connectivity index (χ0v) is 21.1. The Bertz CT molecular complexity index is 919. The number of aromatic nitrogens is 1. The Morgan fingerprint density at radius 2 is 1.91 bits per heavy atom. The van der Waals surface area contributed by atoms with Crippen LogP contribution in [0.25, 0.3) is 0 Å². The third-order valence-corrected chi connectivity index (χ3v) is 10.9. The van der Waals surface area contributed by atoms with Crippen LogP contribution in [0.1, 0.15) is 84.3 Å². The Hall–Kier alpha value is -1.75. The fraction of sp³-hybridized carbons (Fsp3) is 0.759. The molecule has 0 aliphatic heterocycles. The maximum absolute atomic E-state index is 13.5. The highest BCUT2D eigenvalue weighted by Gasteiger charge is 2.63. The molecule has 1 heterocycles. The molecule has 5 heteroatoms. The van der Waals surface area contributed by atoms with E-state index < -0.39 is 0 Å². The van der Waals surface area contributed by atoms with Gasteiger partial charge in [-0.15, -0.1) is 0 Å². The van der Waals surface area contributed by atoms with Crippen LogP contribution in [0.3, 0.4) is 0 Å². The topological polar surface area (TPSA) is 79.3 Å². The van der Waals surface area contributed by atoms with Gasteiger partial charge in [0.05, 0.1) is 18.3 Å². The number of nitrogens with zero attached hydrogens (tertiary/aromatic N) is 1. The minimum absolute atomic E-state index is 0.101. The van der Waals surface area contributed by atoms with Crippen LogP contribution in [0.15, 0.2) is 24.4 Å². The minimum Gasteiger partial charge on any atom is -0.393 e. The van der Waals surface area contributed by atoms with Gasteiger partial charge in [0, 0.05) is 25.0 Å². The molecule has 9 atom stereocenters. The van der Waals surface area contributed by atoms with Gasteiger partial charge in [-0.1, -0.05) is 26.8 Å². The lowest BCUT2D eigenvalue weighted by atomic mass is 9.44. The number of fused-ring (bicyclic) bond motifs is 5. The van der Waals surface area contributed by atoms with Gasteiger partial charge in [-0.2, -0.15) is 0 Å². The van der Waals surface area contributed by atoms with Crippen molar-refractivity contribution in [2.75, 3.05) is 0 Å². The van der Waals surface area contributed by atoms with E-state index in [1.807, 2.05) is 18.2 Å². The Labute approximate surface area is 204 Å². The van der Waals surface area contributed by atoms with Gasteiger partial charge in [0.2, 0.25) is 5.91 Å². The van der Waals surface area contributed by atoms with Crippen molar-refractivity contribution in [3.05, 3.63) is 30.1 Å². The van der Waals surface area contributed by atoms with Crippen molar-refractivity contribution in [2.45, 2.75) is 91.2 Å². The van der Waals surface area contributed by atoms with Crippen molar-refractivity contribution in [3.8, 4) is 0 Å². The van der Waals surface area contributed by atoms with Crippen molar-refractivity contribution in [3.63, 3.8) is 0 Å². The first-order valence-electron chi connectivity index (χ1n) is 13.6. The second-order valence-corrected chi connectivity index (χ2v) is 12.5. The van der Waals surface area contributed by atoms with E-state index in [9.17, 15) is 14.7 Å². The Balaban J connectivity index is 1.26. The first kappa shape index (κ1) is 24.0. The van der Waals surface area contributed by atoms with E-state index >= 15 is 0 Å². The fourth-order valence-corrected chi connectivity index (χ4v) is 9.08. The zero-order chi connectivity index (χ0) is 24.1. The molecule has 186 valence electrons. The summed E-state index contributed by atoms with van der Waals surface area (Å²) in [4.78, 5) is 30.6. The van der Waals surface area contributed by atoms with E-state index in [-0.39, 0.29) is 28.8 Å². The van der Waals surface area contributed by atoms with Gasteiger partial charge in [0.25, 0.3) is 0 Å². The molecule has 1 aromatic rings. The smallest absolute Gasteiger partial charge is 0.220 e. The maximum Gasteiger partial charge on any atom is 0.220 e. The average Bonchev–Trinajstić information content (AvgIpc) is 3.17. The molecule has 5 rings (SSSR count). The van der Waals surface area contributed by atoms with Gasteiger partial charge < -0.3 is 10.4 Å². The summed E-state index contributed by atoms with van der Waals surface area (Å²) in [5.41, 5.74) is 1.23. The third kappa shape index (κ3) is 4.02. The Morgan fingerprint density at radius 3 is 2.68 bits per heavy atom. The number of nitrogens with one attached hydrogen (secondary N) is 1. The number of aliphatic hydroxyl groups excluding tert-OH is 1. The largest absolute Gasteiger partial charge is 0.393 e. The average molecular weight is 467 g/mol. The number of Topliss-reactive ketones (excluding diaryl/α,β-unsaturated/α-hetero) is 1. The second-order valence-electron chi connectivity index (χ2n) is 12.5. The summed E-state index contributed by atoms with van der Waals surface area (Å²) >= 11 is 0.